The maximum atomic E-state index is 11.9. The van der Waals surface area contributed by atoms with Crippen LogP contribution in [0.3, 0.4) is 0 Å². The van der Waals surface area contributed by atoms with Crippen molar-refractivity contribution >= 4 is 5.69 Å². The Bertz CT molecular complexity index is 484. The average molecular weight is 251 g/mol. The van der Waals surface area contributed by atoms with Gasteiger partial charge >= 0.3 is 0 Å². The first-order valence-electron chi connectivity index (χ1n) is 6.23. The second kappa shape index (κ2) is 4.70. The Morgan fingerprint density at radius 1 is 1.61 bits per heavy atom. The van der Waals surface area contributed by atoms with Crippen molar-refractivity contribution < 1.29 is 9.47 Å². The minimum Gasteiger partial charge on any atom is -0.380 e. The molecule has 98 valence electrons. The Morgan fingerprint density at radius 2 is 2.44 bits per heavy atom. The molecule has 2 saturated heterocycles. The first kappa shape index (κ1) is 11.7. The monoisotopic (exact) mass is 251 g/mol. The molecule has 0 bridgehead atoms. The van der Waals surface area contributed by atoms with Crippen molar-refractivity contribution in [1.29, 1.82) is 0 Å². The van der Waals surface area contributed by atoms with E-state index in [-0.39, 0.29) is 17.8 Å². The average Bonchev–Trinajstić information content (AvgIpc) is 3.06. The van der Waals surface area contributed by atoms with Crippen LogP contribution in [0.1, 0.15) is 6.42 Å². The molecule has 0 N–H and O–H groups in total. The number of methoxy groups -OCH3 is 1. The lowest BCUT2D eigenvalue weighted by Gasteiger charge is -2.17. The summed E-state index contributed by atoms with van der Waals surface area (Å²) < 4.78 is 11.9. The third-order valence-electron chi connectivity index (χ3n) is 3.48. The van der Waals surface area contributed by atoms with Gasteiger partial charge in [0.25, 0.3) is 5.56 Å². The molecule has 2 atom stereocenters. The number of hydrogen-bond donors (Lipinski definition) is 0. The summed E-state index contributed by atoms with van der Waals surface area (Å²) in [4.78, 5) is 14.0. The van der Waals surface area contributed by atoms with Crippen LogP contribution in [0, 0.1) is 0 Å². The zero-order valence-electron chi connectivity index (χ0n) is 10.4. The Hall–Kier alpha value is -1.40. The molecule has 0 aliphatic carbocycles. The van der Waals surface area contributed by atoms with Crippen LogP contribution < -0.4 is 10.5 Å². The molecule has 3 rings (SSSR count). The van der Waals surface area contributed by atoms with Gasteiger partial charge in [-0.1, -0.05) is 0 Å². The summed E-state index contributed by atoms with van der Waals surface area (Å²) in [6.45, 7) is 3.03. The van der Waals surface area contributed by atoms with Gasteiger partial charge in [0.2, 0.25) is 0 Å². The number of ether oxygens (including phenoxy) is 2. The van der Waals surface area contributed by atoms with Crippen LogP contribution in [0.5, 0.6) is 0 Å². The van der Waals surface area contributed by atoms with Gasteiger partial charge in [-0.2, -0.15) is 5.10 Å². The first-order valence-corrected chi connectivity index (χ1v) is 6.23. The maximum absolute atomic E-state index is 11.9. The fraction of sp³-hybridized carbons (Fsp3) is 0.667. The Morgan fingerprint density at radius 3 is 3.06 bits per heavy atom. The third kappa shape index (κ3) is 2.39. The summed E-state index contributed by atoms with van der Waals surface area (Å²) in [7, 11) is 1.72. The molecule has 1 aromatic rings. The molecule has 6 heteroatoms. The van der Waals surface area contributed by atoms with Crippen LogP contribution in [0.4, 0.5) is 5.69 Å². The smallest absolute Gasteiger partial charge is 0.268 e. The van der Waals surface area contributed by atoms with Gasteiger partial charge in [0.1, 0.15) is 6.10 Å². The highest BCUT2D eigenvalue weighted by molar-refractivity contribution is 5.44. The second-order valence-corrected chi connectivity index (χ2v) is 4.78. The summed E-state index contributed by atoms with van der Waals surface area (Å²) in [6, 6.07) is 1.65. The molecule has 0 aromatic carbocycles. The van der Waals surface area contributed by atoms with Gasteiger partial charge in [0.15, 0.2) is 0 Å². The summed E-state index contributed by atoms with van der Waals surface area (Å²) in [5, 5.41) is 4.20. The molecule has 2 fully saturated rings. The molecule has 0 radical (unpaired) electrons. The van der Waals surface area contributed by atoms with E-state index in [2.05, 4.69) is 10.00 Å². The Kier molecular flexibility index (Phi) is 3.05. The van der Waals surface area contributed by atoms with Gasteiger partial charge in [-0.05, 0) is 6.42 Å². The topological polar surface area (TPSA) is 59.9 Å². The van der Waals surface area contributed by atoms with Crippen LogP contribution in [0.2, 0.25) is 0 Å². The minimum atomic E-state index is -0.0659. The molecule has 0 spiro atoms. The molecule has 3 heterocycles. The summed E-state index contributed by atoms with van der Waals surface area (Å²) in [6.07, 6.45) is 3.18. The SMILES string of the molecule is COC1CCN(c2cnn(CC3CO3)c(=O)c2)C1. The van der Waals surface area contributed by atoms with Gasteiger partial charge in [-0.3, -0.25) is 4.79 Å². The normalized spacial score (nSPS) is 26.6. The molecule has 2 aliphatic heterocycles. The van der Waals surface area contributed by atoms with Gasteiger partial charge in [0.05, 0.1) is 31.1 Å². The van der Waals surface area contributed by atoms with Crippen molar-refractivity contribution in [1.82, 2.24) is 9.78 Å². The number of aromatic nitrogens is 2. The number of rotatable bonds is 4. The van der Waals surface area contributed by atoms with E-state index in [4.69, 9.17) is 9.47 Å². The third-order valence-corrected chi connectivity index (χ3v) is 3.48. The van der Waals surface area contributed by atoms with E-state index in [1.165, 1.54) is 4.68 Å². The first-order chi connectivity index (χ1) is 8.76. The van der Waals surface area contributed by atoms with Gasteiger partial charge < -0.3 is 14.4 Å². The van der Waals surface area contributed by atoms with Crippen molar-refractivity contribution in [3.05, 3.63) is 22.6 Å². The van der Waals surface area contributed by atoms with Crippen LogP contribution in [-0.2, 0) is 16.0 Å². The fourth-order valence-electron chi connectivity index (χ4n) is 2.26. The predicted molar refractivity (Wildman–Crippen MR) is 65.9 cm³/mol. The van der Waals surface area contributed by atoms with E-state index in [1.807, 2.05) is 0 Å². The van der Waals surface area contributed by atoms with E-state index in [0.717, 1.165) is 31.8 Å². The van der Waals surface area contributed by atoms with Crippen molar-refractivity contribution in [2.75, 3.05) is 31.7 Å². The van der Waals surface area contributed by atoms with E-state index in [1.54, 1.807) is 19.4 Å². The number of anilines is 1. The lowest BCUT2D eigenvalue weighted by atomic mass is 10.3. The second-order valence-electron chi connectivity index (χ2n) is 4.78. The largest absolute Gasteiger partial charge is 0.380 e. The zero-order chi connectivity index (χ0) is 12.5. The summed E-state index contributed by atoms with van der Waals surface area (Å²) in [5.41, 5.74) is 0.816. The van der Waals surface area contributed by atoms with Crippen LogP contribution in [0.25, 0.3) is 0 Å². The molecule has 0 amide bonds. The van der Waals surface area contributed by atoms with Crippen molar-refractivity contribution in [2.24, 2.45) is 0 Å². The molecule has 6 nitrogen and oxygen atoms in total. The molecule has 2 unspecified atom stereocenters. The highest BCUT2D eigenvalue weighted by Crippen LogP contribution is 2.19. The highest BCUT2D eigenvalue weighted by Gasteiger charge is 2.25. The fourth-order valence-corrected chi connectivity index (χ4v) is 2.26. The van der Waals surface area contributed by atoms with Gasteiger partial charge in [-0.15, -0.1) is 0 Å². The van der Waals surface area contributed by atoms with Gasteiger partial charge in [-0.25, -0.2) is 4.68 Å². The summed E-state index contributed by atoms with van der Waals surface area (Å²) >= 11 is 0. The van der Waals surface area contributed by atoms with Crippen molar-refractivity contribution in [3.8, 4) is 0 Å². The number of nitrogens with zero attached hydrogens (tertiary/aromatic N) is 3. The lowest BCUT2D eigenvalue weighted by Crippen LogP contribution is -2.28. The van der Waals surface area contributed by atoms with E-state index in [9.17, 15) is 4.79 Å². The predicted octanol–water partition coefficient (Wildman–Crippen LogP) is -0.133. The summed E-state index contributed by atoms with van der Waals surface area (Å²) in [5.74, 6) is 0. The maximum Gasteiger partial charge on any atom is 0.268 e. The Labute approximate surface area is 105 Å². The molecule has 0 saturated carbocycles. The highest BCUT2D eigenvalue weighted by atomic mass is 16.6. The minimum absolute atomic E-state index is 0.0659. The van der Waals surface area contributed by atoms with Crippen LogP contribution >= 0.6 is 0 Å². The van der Waals surface area contributed by atoms with E-state index < -0.39 is 0 Å². The van der Waals surface area contributed by atoms with Crippen LogP contribution in [0.15, 0.2) is 17.1 Å². The van der Waals surface area contributed by atoms with Crippen molar-refractivity contribution in [2.45, 2.75) is 25.2 Å². The number of hydrogen-bond acceptors (Lipinski definition) is 5. The standard InChI is InChI=1S/C12H17N3O3/c1-17-10-2-3-14(6-10)9-4-12(16)15(13-5-9)7-11-8-18-11/h4-5,10-11H,2-3,6-8H2,1H3. The van der Waals surface area contributed by atoms with E-state index in [0.29, 0.717) is 6.54 Å². The quantitative estimate of drug-likeness (QED) is 0.697. The molecular formula is C12H17N3O3. The zero-order valence-corrected chi connectivity index (χ0v) is 10.4. The lowest BCUT2D eigenvalue weighted by molar-refractivity contribution is 0.121. The van der Waals surface area contributed by atoms with Crippen molar-refractivity contribution in [3.63, 3.8) is 0 Å². The number of epoxide rings is 1. The Balaban J connectivity index is 1.73. The molecule has 2 aliphatic rings. The molecule has 18 heavy (non-hydrogen) atoms. The van der Waals surface area contributed by atoms with Gasteiger partial charge in [0, 0.05) is 26.3 Å². The molecule has 1 aromatic heterocycles. The van der Waals surface area contributed by atoms with E-state index >= 15 is 0 Å². The molecular weight excluding hydrogens is 234 g/mol. The van der Waals surface area contributed by atoms with Crippen LogP contribution in [-0.4, -0.2) is 48.8 Å².